The Balaban J connectivity index is 1.80. The predicted octanol–water partition coefficient (Wildman–Crippen LogP) is 4.43. The highest BCUT2D eigenvalue weighted by atomic mass is 35.5. The first-order chi connectivity index (χ1) is 11.5. The summed E-state index contributed by atoms with van der Waals surface area (Å²) in [6.07, 6.45) is 0.641. The van der Waals surface area contributed by atoms with Gasteiger partial charge < -0.3 is 9.84 Å². The van der Waals surface area contributed by atoms with Gasteiger partial charge >= 0.3 is 5.97 Å². The number of nitrogens with zero attached hydrogens (tertiary/aromatic N) is 1. The quantitative estimate of drug-likeness (QED) is 0.871. The van der Waals surface area contributed by atoms with Crippen LogP contribution in [0.1, 0.15) is 18.9 Å². The molecular weight excluding hydrogens is 326 g/mol. The second-order valence-corrected chi connectivity index (χ2v) is 6.87. The van der Waals surface area contributed by atoms with Crippen molar-refractivity contribution in [2.45, 2.75) is 19.9 Å². The Bertz CT molecular complexity index is 735. The molecule has 2 aromatic carbocycles. The number of benzene rings is 2. The maximum Gasteiger partial charge on any atom is 0.310 e. The highest BCUT2D eigenvalue weighted by molar-refractivity contribution is 6.31. The number of hydrogen-bond donors (Lipinski definition) is 1. The second-order valence-electron chi connectivity index (χ2n) is 6.46. The van der Waals surface area contributed by atoms with Crippen molar-refractivity contribution < 1.29 is 14.6 Å². The predicted molar refractivity (Wildman–Crippen MR) is 93.6 cm³/mol. The molecule has 0 saturated carbocycles. The van der Waals surface area contributed by atoms with Gasteiger partial charge in [0.15, 0.2) is 0 Å². The maximum atomic E-state index is 11.4. The molecule has 1 aliphatic heterocycles. The third-order valence-corrected chi connectivity index (χ3v) is 4.85. The summed E-state index contributed by atoms with van der Waals surface area (Å²) in [6, 6.07) is 15.1. The van der Waals surface area contributed by atoms with Crippen LogP contribution in [0.4, 0.5) is 0 Å². The smallest absolute Gasteiger partial charge is 0.310 e. The molecule has 5 heteroatoms. The summed E-state index contributed by atoms with van der Waals surface area (Å²) in [5, 5.41) is 10.0. The lowest BCUT2D eigenvalue weighted by Crippen LogP contribution is -2.31. The Kier molecular flexibility index (Phi) is 4.78. The average Bonchev–Trinajstić information content (AvgIpc) is 2.94. The van der Waals surface area contributed by atoms with Crippen molar-refractivity contribution in [3.8, 4) is 11.5 Å². The fraction of sp³-hybridized carbons (Fsp3) is 0.316. The zero-order valence-electron chi connectivity index (χ0n) is 13.5. The number of carbonyl (C=O) groups is 1. The molecule has 126 valence electrons. The van der Waals surface area contributed by atoms with Crippen LogP contribution in [-0.4, -0.2) is 29.1 Å². The number of carboxylic acid groups (broad SMARTS) is 1. The van der Waals surface area contributed by atoms with Gasteiger partial charge in [-0.3, -0.25) is 9.69 Å². The number of aliphatic carboxylic acids is 1. The minimum Gasteiger partial charge on any atom is -0.481 e. The first-order valence-corrected chi connectivity index (χ1v) is 8.32. The molecule has 24 heavy (non-hydrogen) atoms. The molecule has 0 aliphatic carbocycles. The molecule has 2 aromatic rings. The number of carboxylic acids is 1. The molecule has 3 rings (SSSR count). The van der Waals surface area contributed by atoms with E-state index in [1.807, 2.05) is 48.5 Å². The van der Waals surface area contributed by atoms with Crippen LogP contribution in [0.5, 0.6) is 11.5 Å². The van der Waals surface area contributed by atoms with E-state index in [0.717, 1.165) is 17.9 Å². The van der Waals surface area contributed by atoms with Gasteiger partial charge in [-0.15, -0.1) is 0 Å². The average molecular weight is 346 g/mol. The third-order valence-electron chi connectivity index (χ3n) is 4.50. The number of hydrogen-bond acceptors (Lipinski definition) is 3. The van der Waals surface area contributed by atoms with E-state index >= 15 is 0 Å². The van der Waals surface area contributed by atoms with E-state index in [0.29, 0.717) is 30.3 Å². The Morgan fingerprint density at radius 2 is 2.00 bits per heavy atom. The minimum absolute atomic E-state index is 0.512. The SMILES string of the molecule is CC1(C(=O)O)CCN(Cc2c(Cl)cccc2Oc2ccccc2)C1. The van der Waals surface area contributed by atoms with Crippen LogP contribution in [0, 0.1) is 5.41 Å². The monoisotopic (exact) mass is 345 g/mol. The molecule has 0 radical (unpaired) electrons. The third kappa shape index (κ3) is 3.55. The molecule has 1 atom stereocenters. The van der Waals surface area contributed by atoms with E-state index in [4.69, 9.17) is 16.3 Å². The topological polar surface area (TPSA) is 49.8 Å². The van der Waals surface area contributed by atoms with Crippen LogP contribution < -0.4 is 4.74 Å². The Labute approximate surface area is 146 Å². The van der Waals surface area contributed by atoms with Crippen molar-refractivity contribution in [1.82, 2.24) is 4.90 Å². The van der Waals surface area contributed by atoms with Crippen LogP contribution in [0.3, 0.4) is 0 Å². The van der Waals surface area contributed by atoms with Gasteiger partial charge in [0.2, 0.25) is 0 Å². The first-order valence-electron chi connectivity index (χ1n) is 7.94. The van der Waals surface area contributed by atoms with Gasteiger partial charge in [0.1, 0.15) is 11.5 Å². The summed E-state index contributed by atoms with van der Waals surface area (Å²) < 4.78 is 5.97. The van der Waals surface area contributed by atoms with Gasteiger partial charge in [0.25, 0.3) is 0 Å². The van der Waals surface area contributed by atoms with E-state index in [1.54, 1.807) is 6.92 Å². The van der Waals surface area contributed by atoms with Crippen LogP contribution in [-0.2, 0) is 11.3 Å². The molecule has 0 amide bonds. The molecule has 1 aliphatic rings. The fourth-order valence-electron chi connectivity index (χ4n) is 2.99. The van der Waals surface area contributed by atoms with Gasteiger partial charge in [0.05, 0.1) is 5.41 Å². The summed E-state index contributed by atoms with van der Waals surface area (Å²) in [4.78, 5) is 13.5. The second kappa shape index (κ2) is 6.83. The maximum absolute atomic E-state index is 11.4. The van der Waals surface area contributed by atoms with Gasteiger partial charge in [-0.2, -0.15) is 0 Å². The number of likely N-dealkylation sites (tertiary alicyclic amines) is 1. The summed E-state index contributed by atoms with van der Waals surface area (Å²) in [7, 11) is 0. The number of para-hydroxylation sites is 1. The minimum atomic E-state index is -0.745. The number of rotatable bonds is 5. The van der Waals surface area contributed by atoms with Gasteiger partial charge in [-0.1, -0.05) is 35.9 Å². The van der Waals surface area contributed by atoms with Crippen molar-refractivity contribution in [2.24, 2.45) is 5.41 Å². The summed E-state index contributed by atoms with van der Waals surface area (Å²) >= 11 is 6.38. The highest BCUT2D eigenvalue weighted by Crippen LogP contribution is 2.35. The van der Waals surface area contributed by atoms with Crippen molar-refractivity contribution in [1.29, 1.82) is 0 Å². The van der Waals surface area contributed by atoms with E-state index in [9.17, 15) is 9.90 Å². The van der Waals surface area contributed by atoms with E-state index in [2.05, 4.69) is 4.90 Å². The standard InChI is InChI=1S/C19H20ClNO3/c1-19(18(22)23)10-11-21(13-19)12-15-16(20)8-5-9-17(15)24-14-6-3-2-4-7-14/h2-9H,10-13H2,1H3,(H,22,23). The molecule has 4 nitrogen and oxygen atoms in total. The number of ether oxygens (including phenoxy) is 1. The molecule has 0 bridgehead atoms. The van der Waals surface area contributed by atoms with Gasteiger partial charge in [-0.25, -0.2) is 0 Å². The zero-order valence-corrected chi connectivity index (χ0v) is 14.3. The van der Waals surface area contributed by atoms with E-state index < -0.39 is 11.4 Å². The molecule has 1 N–H and O–H groups in total. The molecule has 0 spiro atoms. The van der Waals surface area contributed by atoms with Crippen LogP contribution in [0.25, 0.3) is 0 Å². The summed E-state index contributed by atoms with van der Waals surface area (Å²) in [5.41, 5.74) is 0.194. The molecular formula is C19H20ClNO3. The summed E-state index contributed by atoms with van der Waals surface area (Å²) in [5.74, 6) is 0.709. The molecule has 1 saturated heterocycles. The molecule has 1 fully saturated rings. The largest absolute Gasteiger partial charge is 0.481 e. The molecule has 0 aromatic heterocycles. The molecule has 1 heterocycles. The van der Waals surface area contributed by atoms with Gasteiger partial charge in [-0.05, 0) is 44.2 Å². The summed E-state index contributed by atoms with van der Waals surface area (Å²) in [6.45, 7) is 3.62. The molecule has 1 unspecified atom stereocenters. The number of halogens is 1. The lowest BCUT2D eigenvalue weighted by Gasteiger charge is -2.21. The van der Waals surface area contributed by atoms with Crippen molar-refractivity contribution in [3.63, 3.8) is 0 Å². The normalized spacial score (nSPS) is 20.9. The Morgan fingerprint density at radius 1 is 1.25 bits per heavy atom. The van der Waals surface area contributed by atoms with Crippen molar-refractivity contribution in [2.75, 3.05) is 13.1 Å². The van der Waals surface area contributed by atoms with Crippen LogP contribution in [0.15, 0.2) is 48.5 Å². The lowest BCUT2D eigenvalue weighted by atomic mass is 9.90. The lowest BCUT2D eigenvalue weighted by molar-refractivity contribution is -0.147. The fourth-order valence-corrected chi connectivity index (χ4v) is 3.22. The van der Waals surface area contributed by atoms with Crippen molar-refractivity contribution in [3.05, 3.63) is 59.1 Å². The van der Waals surface area contributed by atoms with Crippen LogP contribution >= 0.6 is 11.6 Å². The van der Waals surface area contributed by atoms with E-state index in [-0.39, 0.29) is 0 Å². The Hall–Kier alpha value is -2.04. The van der Waals surface area contributed by atoms with Crippen molar-refractivity contribution >= 4 is 17.6 Å². The van der Waals surface area contributed by atoms with Gasteiger partial charge in [0, 0.05) is 23.7 Å². The van der Waals surface area contributed by atoms with Crippen LogP contribution in [0.2, 0.25) is 5.02 Å². The first kappa shape index (κ1) is 16.8. The zero-order chi connectivity index (χ0) is 17.2. The van der Waals surface area contributed by atoms with E-state index in [1.165, 1.54) is 0 Å². The Morgan fingerprint density at radius 3 is 2.67 bits per heavy atom. The highest BCUT2D eigenvalue weighted by Gasteiger charge is 2.40.